The van der Waals surface area contributed by atoms with Gasteiger partial charge in [0.05, 0.1) is 17.2 Å². The number of hydrogen-bond donors (Lipinski definition) is 1. The lowest BCUT2D eigenvalue weighted by Gasteiger charge is -2.41. The minimum atomic E-state index is -4.37. The molecule has 0 radical (unpaired) electrons. The topological polar surface area (TPSA) is 39.6 Å². The minimum Gasteiger partial charge on any atom is -0.392 e. The zero-order valence-corrected chi connectivity index (χ0v) is 14.3. The molecule has 7 heteroatoms. The van der Waals surface area contributed by atoms with Crippen LogP contribution in [0.1, 0.15) is 19.4 Å². The lowest BCUT2D eigenvalue weighted by molar-refractivity contribution is -0.137. The molecule has 25 heavy (non-hydrogen) atoms. The molecule has 136 valence electrons. The third-order valence-electron chi connectivity index (χ3n) is 4.65. The van der Waals surface area contributed by atoms with Gasteiger partial charge in [-0.2, -0.15) is 13.2 Å². The SMILES string of the molecule is CC(O)CN1CCN(c2ccnc3cc(C(F)(F)F)ccc23)CC1C. The highest BCUT2D eigenvalue weighted by molar-refractivity contribution is 5.92. The average molecular weight is 353 g/mol. The number of pyridine rings is 1. The predicted molar refractivity (Wildman–Crippen MR) is 91.7 cm³/mol. The van der Waals surface area contributed by atoms with Crippen molar-refractivity contribution in [3.05, 3.63) is 36.0 Å². The summed E-state index contributed by atoms with van der Waals surface area (Å²) in [5, 5.41) is 10.3. The molecule has 2 heterocycles. The van der Waals surface area contributed by atoms with Gasteiger partial charge in [0.2, 0.25) is 0 Å². The van der Waals surface area contributed by atoms with Crippen molar-refractivity contribution >= 4 is 16.6 Å². The Morgan fingerprint density at radius 1 is 1.28 bits per heavy atom. The van der Waals surface area contributed by atoms with E-state index < -0.39 is 11.7 Å². The van der Waals surface area contributed by atoms with Crippen molar-refractivity contribution in [2.45, 2.75) is 32.2 Å². The highest BCUT2D eigenvalue weighted by Gasteiger charge is 2.31. The van der Waals surface area contributed by atoms with Crippen LogP contribution < -0.4 is 4.90 Å². The number of anilines is 1. The molecule has 1 aliphatic heterocycles. The van der Waals surface area contributed by atoms with E-state index in [0.717, 1.165) is 42.8 Å². The summed E-state index contributed by atoms with van der Waals surface area (Å²) in [6, 6.07) is 5.83. The van der Waals surface area contributed by atoms with Crippen LogP contribution in [-0.2, 0) is 6.18 Å². The van der Waals surface area contributed by atoms with Crippen LogP contribution >= 0.6 is 0 Å². The van der Waals surface area contributed by atoms with Gasteiger partial charge < -0.3 is 10.0 Å². The van der Waals surface area contributed by atoms with Crippen molar-refractivity contribution in [1.82, 2.24) is 9.88 Å². The van der Waals surface area contributed by atoms with Crippen LogP contribution in [0.4, 0.5) is 18.9 Å². The summed E-state index contributed by atoms with van der Waals surface area (Å²) >= 11 is 0. The number of rotatable bonds is 3. The normalized spacial score (nSPS) is 20.9. The van der Waals surface area contributed by atoms with Crippen molar-refractivity contribution in [3.63, 3.8) is 0 Å². The summed E-state index contributed by atoms with van der Waals surface area (Å²) in [7, 11) is 0. The maximum Gasteiger partial charge on any atom is 0.416 e. The molecule has 0 amide bonds. The van der Waals surface area contributed by atoms with Crippen molar-refractivity contribution in [2.24, 2.45) is 0 Å². The molecule has 0 bridgehead atoms. The van der Waals surface area contributed by atoms with Crippen LogP contribution in [0.15, 0.2) is 30.5 Å². The smallest absolute Gasteiger partial charge is 0.392 e. The number of fused-ring (bicyclic) bond motifs is 1. The summed E-state index contributed by atoms with van der Waals surface area (Å²) in [5.74, 6) is 0. The van der Waals surface area contributed by atoms with Gasteiger partial charge in [0, 0.05) is 49.5 Å². The van der Waals surface area contributed by atoms with Crippen LogP contribution in [0.2, 0.25) is 0 Å². The Kier molecular flexibility index (Phi) is 4.88. The standard InChI is InChI=1S/C18H22F3N3O/c1-12-10-24(8-7-23(12)11-13(2)25)17-5-6-22-16-9-14(18(19,20)21)3-4-15(16)17/h3-6,9,12-13,25H,7-8,10-11H2,1-2H3. The molecule has 2 aromatic rings. The highest BCUT2D eigenvalue weighted by atomic mass is 19.4. The zero-order chi connectivity index (χ0) is 18.2. The van der Waals surface area contributed by atoms with Crippen LogP contribution in [0.25, 0.3) is 10.9 Å². The number of nitrogens with zero attached hydrogens (tertiary/aromatic N) is 3. The van der Waals surface area contributed by atoms with E-state index in [9.17, 15) is 18.3 Å². The Balaban J connectivity index is 1.87. The molecule has 1 aliphatic rings. The van der Waals surface area contributed by atoms with Gasteiger partial charge in [-0.1, -0.05) is 6.07 Å². The Morgan fingerprint density at radius 3 is 2.68 bits per heavy atom. The van der Waals surface area contributed by atoms with E-state index in [0.29, 0.717) is 12.1 Å². The molecular formula is C18H22F3N3O. The summed E-state index contributed by atoms with van der Waals surface area (Å²) in [5.41, 5.74) is 0.577. The van der Waals surface area contributed by atoms with Crippen molar-refractivity contribution < 1.29 is 18.3 Å². The van der Waals surface area contributed by atoms with E-state index in [1.165, 1.54) is 6.07 Å². The minimum absolute atomic E-state index is 0.251. The van der Waals surface area contributed by atoms with Crippen molar-refractivity contribution in [3.8, 4) is 0 Å². The molecule has 1 N–H and O–H groups in total. The molecule has 3 rings (SSSR count). The molecule has 1 aromatic carbocycles. The molecule has 1 aromatic heterocycles. The molecule has 0 spiro atoms. The Labute approximate surface area is 144 Å². The second-order valence-corrected chi connectivity index (χ2v) is 6.70. The quantitative estimate of drug-likeness (QED) is 0.920. The van der Waals surface area contributed by atoms with Crippen molar-refractivity contribution in [1.29, 1.82) is 0 Å². The molecule has 2 atom stereocenters. The molecule has 2 unspecified atom stereocenters. The van der Waals surface area contributed by atoms with Crippen molar-refractivity contribution in [2.75, 3.05) is 31.1 Å². The second kappa shape index (κ2) is 6.80. The Bertz CT molecular complexity index is 748. The van der Waals surface area contributed by atoms with E-state index in [2.05, 4.69) is 21.7 Å². The van der Waals surface area contributed by atoms with Gasteiger partial charge >= 0.3 is 6.18 Å². The Morgan fingerprint density at radius 2 is 2.04 bits per heavy atom. The Hall–Kier alpha value is -1.86. The molecular weight excluding hydrogens is 331 g/mol. The van der Waals surface area contributed by atoms with Crippen LogP contribution in [-0.4, -0.2) is 53.3 Å². The fraction of sp³-hybridized carbons (Fsp3) is 0.500. The maximum atomic E-state index is 12.9. The monoisotopic (exact) mass is 353 g/mol. The van der Waals surface area contributed by atoms with Gasteiger partial charge in [-0.05, 0) is 32.0 Å². The summed E-state index contributed by atoms with van der Waals surface area (Å²) < 4.78 is 38.7. The first-order valence-electron chi connectivity index (χ1n) is 8.38. The predicted octanol–water partition coefficient (Wildman–Crippen LogP) is 3.14. The van der Waals surface area contributed by atoms with Crippen LogP contribution in [0, 0.1) is 0 Å². The number of alkyl halides is 3. The average Bonchev–Trinajstić information content (AvgIpc) is 2.54. The van der Waals surface area contributed by atoms with Crippen LogP contribution in [0.5, 0.6) is 0 Å². The van der Waals surface area contributed by atoms with E-state index in [4.69, 9.17) is 0 Å². The fourth-order valence-electron chi connectivity index (χ4n) is 3.41. The first kappa shape index (κ1) is 17.9. The highest BCUT2D eigenvalue weighted by Crippen LogP contribution is 2.34. The third kappa shape index (κ3) is 3.88. The number of aromatic nitrogens is 1. The number of aliphatic hydroxyl groups is 1. The van der Waals surface area contributed by atoms with Gasteiger partial charge in [0.25, 0.3) is 0 Å². The molecule has 1 fully saturated rings. The first-order valence-corrected chi connectivity index (χ1v) is 8.38. The van der Waals surface area contributed by atoms with E-state index >= 15 is 0 Å². The van der Waals surface area contributed by atoms with E-state index in [1.807, 2.05) is 6.07 Å². The second-order valence-electron chi connectivity index (χ2n) is 6.70. The molecule has 1 saturated heterocycles. The summed E-state index contributed by atoms with van der Waals surface area (Å²) in [6.45, 7) is 6.81. The van der Waals surface area contributed by atoms with E-state index in [-0.39, 0.29) is 12.1 Å². The van der Waals surface area contributed by atoms with Gasteiger partial charge in [0.1, 0.15) is 0 Å². The number of piperazine rings is 1. The van der Waals surface area contributed by atoms with E-state index in [1.54, 1.807) is 13.1 Å². The molecule has 0 saturated carbocycles. The van der Waals surface area contributed by atoms with Gasteiger partial charge in [-0.3, -0.25) is 9.88 Å². The molecule has 4 nitrogen and oxygen atoms in total. The van der Waals surface area contributed by atoms with Crippen LogP contribution in [0.3, 0.4) is 0 Å². The number of halogens is 3. The largest absolute Gasteiger partial charge is 0.416 e. The van der Waals surface area contributed by atoms with Gasteiger partial charge in [-0.25, -0.2) is 0 Å². The maximum absolute atomic E-state index is 12.9. The number of β-amino-alcohol motifs (C(OH)–C–C–N with tert-alkyl or cyclic N) is 1. The van der Waals surface area contributed by atoms with Gasteiger partial charge in [0.15, 0.2) is 0 Å². The fourth-order valence-corrected chi connectivity index (χ4v) is 3.41. The number of hydrogen-bond acceptors (Lipinski definition) is 4. The van der Waals surface area contributed by atoms with Gasteiger partial charge in [-0.15, -0.1) is 0 Å². The third-order valence-corrected chi connectivity index (χ3v) is 4.65. The number of aliphatic hydroxyl groups excluding tert-OH is 1. The first-order chi connectivity index (χ1) is 11.8. The molecule has 0 aliphatic carbocycles. The summed E-state index contributed by atoms with van der Waals surface area (Å²) in [6.07, 6.45) is -3.19. The lowest BCUT2D eigenvalue weighted by Crippen LogP contribution is -2.53. The lowest BCUT2D eigenvalue weighted by atomic mass is 10.1. The summed E-state index contributed by atoms with van der Waals surface area (Å²) in [4.78, 5) is 8.52. The number of benzene rings is 1. The zero-order valence-electron chi connectivity index (χ0n) is 14.3.